The van der Waals surface area contributed by atoms with E-state index in [2.05, 4.69) is 25.5 Å². The summed E-state index contributed by atoms with van der Waals surface area (Å²) in [6, 6.07) is 14.7. The second-order valence-corrected chi connectivity index (χ2v) is 5.57. The normalized spacial score (nSPS) is 10.9. The fourth-order valence-corrected chi connectivity index (χ4v) is 2.61. The van der Waals surface area contributed by atoms with Crippen LogP contribution in [0.15, 0.2) is 59.5 Å². The first kappa shape index (κ1) is 15.1. The SMILES string of the molecule is O=c1[nH]c(NCc2ccc(-c3ccccc3)cc2F)nc2[nH]ncc12. The van der Waals surface area contributed by atoms with Crippen molar-refractivity contribution in [1.82, 2.24) is 20.2 Å². The molecule has 0 aliphatic heterocycles. The van der Waals surface area contributed by atoms with Crippen LogP contribution in [0.3, 0.4) is 0 Å². The molecule has 0 saturated carbocycles. The van der Waals surface area contributed by atoms with Crippen LogP contribution in [0.1, 0.15) is 5.56 Å². The molecule has 4 aromatic rings. The summed E-state index contributed by atoms with van der Waals surface area (Å²) < 4.78 is 14.4. The lowest BCUT2D eigenvalue weighted by Crippen LogP contribution is -2.13. The van der Waals surface area contributed by atoms with Gasteiger partial charge in [0.1, 0.15) is 11.2 Å². The Balaban J connectivity index is 1.55. The summed E-state index contributed by atoms with van der Waals surface area (Å²) in [6.45, 7) is 0.198. The van der Waals surface area contributed by atoms with Gasteiger partial charge in [-0.05, 0) is 17.2 Å². The third-order valence-corrected chi connectivity index (χ3v) is 3.93. The molecule has 7 heteroatoms. The van der Waals surface area contributed by atoms with E-state index in [-0.39, 0.29) is 23.9 Å². The molecular formula is C18H14FN5O. The number of hydrogen-bond acceptors (Lipinski definition) is 4. The van der Waals surface area contributed by atoms with Crippen molar-refractivity contribution in [3.8, 4) is 11.1 Å². The number of fused-ring (bicyclic) bond motifs is 1. The Morgan fingerprint density at radius 3 is 2.72 bits per heavy atom. The van der Waals surface area contributed by atoms with Gasteiger partial charge >= 0.3 is 0 Å². The van der Waals surface area contributed by atoms with Gasteiger partial charge in [0.15, 0.2) is 5.65 Å². The fourth-order valence-electron chi connectivity index (χ4n) is 2.61. The molecule has 0 radical (unpaired) electrons. The van der Waals surface area contributed by atoms with Crippen LogP contribution in [0.4, 0.5) is 10.3 Å². The van der Waals surface area contributed by atoms with Crippen LogP contribution in [0, 0.1) is 5.82 Å². The Bertz CT molecular complexity index is 1090. The van der Waals surface area contributed by atoms with E-state index in [0.717, 1.165) is 11.1 Å². The van der Waals surface area contributed by atoms with Gasteiger partial charge in [0.2, 0.25) is 5.95 Å². The van der Waals surface area contributed by atoms with E-state index in [1.165, 1.54) is 12.3 Å². The number of H-pyrrole nitrogens is 2. The maximum atomic E-state index is 14.4. The first-order chi connectivity index (χ1) is 12.2. The molecule has 0 aliphatic rings. The van der Waals surface area contributed by atoms with Crippen LogP contribution in [0.2, 0.25) is 0 Å². The number of aromatic amines is 2. The molecule has 25 heavy (non-hydrogen) atoms. The summed E-state index contributed by atoms with van der Waals surface area (Å²) in [6.07, 6.45) is 1.41. The summed E-state index contributed by atoms with van der Waals surface area (Å²) >= 11 is 0. The average molecular weight is 335 g/mol. The highest BCUT2D eigenvalue weighted by Gasteiger charge is 2.08. The van der Waals surface area contributed by atoms with E-state index in [1.54, 1.807) is 6.07 Å². The number of nitrogens with zero attached hydrogens (tertiary/aromatic N) is 2. The lowest BCUT2D eigenvalue weighted by atomic mass is 10.0. The zero-order chi connectivity index (χ0) is 17.2. The van der Waals surface area contributed by atoms with Crippen molar-refractivity contribution in [3.05, 3.63) is 76.5 Å². The second kappa shape index (κ2) is 6.20. The van der Waals surface area contributed by atoms with Gasteiger partial charge in [-0.15, -0.1) is 0 Å². The zero-order valence-corrected chi connectivity index (χ0v) is 13.1. The van der Waals surface area contributed by atoms with E-state index in [1.807, 2.05) is 36.4 Å². The van der Waals surface area contributed by atoms with Gasteiger partial charge in [-0.1, -0.05) is 42.5 Å². The Kier molecular flexibility index (Phi) is 3.74. The topological polar surface area (TPSA) is 86.5 Å². The van der Waals surface area contributed by atoms with Crippen LogP contribution in [-0.4, -0.2) is 20.2 Å². The van der Waals surface area contributed by atoms with Crippen LogP contribution in [-0.2, 0) is 6.54 Å². The van der Waals surface area contributed by atoms with Crippen molar-refractivity contribution in [3.63, 3.8) is 0 Å². The molecule has 0 atom stereocenters. The minimum Gasteiger partial charge on any atom is -0.351 e. The molecule has 0 unspecified atom stereocenters. The minimum absolute atomic E-state index is 0.198. The minimum atomic E-state index is -0.321. The van der Waals surface area contributed by atoms with Gasteiger partial charge < -0.3 is 5.32 Å². The summed E-state index contributed by atoms with van der Waals surface area (Å²) in [4.78, 5) is 18.7. The van der Waals surface area contributed by atoms with Crippen LogP contribution in [0.5, 0.6) is 0 Å². The number of aromatic nitrogens is 4. The van der Waals surface area contributed by atoms with E-state index >= 15 is 0 Å². The summed E-state index contributed by atoms with van der Waals surface area (Å²) in [5.74, 6) is -0.0629. The largest absolute Gasteiger partial charge is 0.351 e. The van der Waals surface area contributed by atoms with Crippen molar-refractivity contribution in [1.29, 1.82) is 0 Å². The second-order valence-electron chi connectivity index (χ2n) is 5.57. The molecule has 0 spiro atoms. The average Bonchev–Trinajstić information content (AvgIpc) is 3.10. The monoisotopic (exact) mass is 335 g/mol. The molecule has 0 bridgehead atoms. The maximum absolute atomic E-state index is 14.4. The molecule has 0 saturated heterocycles. The van der Waals surface area contributed by atoms with Gasteiger partial charge in [-0.25, -0.2) is 4.39 Å². The van der Waals surface area contributed by atoms with Crippen LogP contribution in [0.25, 0.3) is 22.2 Å². The Labute approximate surface area is 141 Å². The smallest absolute Gasteiger partial charge is 0.263 e. The summed E-state index contributed by atoms with van der Waals surface area (Å²) in [5.41, 5.74) is 2.32. The Morgan fingerprint density at radius 1 is 1.08 bits per heavy atom. The summed E-state index contributed by atoms with van der Waals surface area (Å²) in [7, 11) is 0. The number of halogens is 1. The first-order valence-corrected chi connectivity index (χ1v) is 7.72. The quantitative estimate of drug-likeness (QED) is 0.535. The summed E-state index contributed by atoms with van der Waals surface area (Å²) in [5, 5.41) is 9.73. The number of anilines is 1. The number of nitrogens with one attached hydrogen (secondary N) is 3. The molecule has 6 nitrogen and oxygen atoms in total. The molecule has 124 valence electrons. The highest BCUT2D eigenvalue weighted by Crippen LogP contribution is 2.22. The van der Waals surface area contributed by atoms with Gasteiger partial charge in [0.25, 0.3) is 5.56 Å². The predicted molar refractivity (Wildman–Crippen MR) is 93.7 cm³/mol. The Morgan fingerprint density at radius 2 is 1.92 bits per heavy atom. The van der Waals surface area contributed by atoms with Gasteiger partial charge in [-0.2, -0.15) is 10.1 Å². The number of rotatable bonds is 4. The van der Waals surface area contributed by atoms with E-state index in [4.69, 9.17) is 0 Å². The molecule has 0 amide bonds. The lowest BCUT2D eigenvalue weighted by molar-refractivity contribution is 0.613. The maximum Gasteiger partial charge on any atom is 0.263 e. The van der Waals surface area contributed by atoms with Crippen molar-refractivity contribution in [2.45, 2.75) is 6.54 Å². The van der Waals surface area contributed by atoms with Crippen LogP contribution >= 0.6 is 0 Å². The molecule has 0 aliphatic carbocycles. The zero-order valence-electron chi connectivity index (χ0n) is 13.1. The first-order valence-electron chi connectivity index (χ1n) is 7.72. The standard InChI is InChI=1S/C18H14FN5O/c19-15-8-12(11-4-2-1-3-5-11)6-7-13(15)9-20-18-22-16-14(10-21-24-16)17(25)23-18/h1-8,10H,9H2,(H3,20,21,22,23,24,25). The molecule has 0 fully saturated rings. The van der Waals surface area contributed by atoms with E-state index in [0.29, 0.717) is 16.6 Å². The third kappa shape index (κ3) is 2.99. The molecule has 2 aromatic heterocycles. The van der Waals surface area contributed by atoms with Crippen molar-refractivity contribution in [2.75, 3.05) is 5.32 Å². The van der Waals surface area contributed by atoms with Crippen molar-refractivity contribution in [2.24, 2.45) is 0 Å². The highest BCUT2D eigenvalue weighted by molar-refractivity contribution is 5.73. The van der Waals surface area contributed by atoms with Crippen molar-refractivity contribution >= 4 is 17.0 Å². The number of hydrogen-bond donors (Lipinski definition) is 3. The molecular weight excluding hydrogens is 321 g/mol. The van der Waals surface area contributed by atoms with E-state index < -0.39 is 0 Å². The van der Waals surface area contributed by atoms with Crippen molar-refractivity contribution < 1.29 is 4.39 Å². The van der Waals surface area contributed by atoms with Gasteiger partial charge in [0.05, 0.1) is 6.20 Å². The fraction of sp³-hybridized carbons (Fsp3) is 0.0556. The Hall–Kier alpha value is -3.48. The molecule has 3 N–H and O–H groups in total. The molecule has 2 heterocycles. The predicted octanol–water partition coefficient (Wildman–Crippen LogP) is 3.06. The third-order valence-electron chi connectivity index (χ3n) is 3.93. The molecule has 2 aromatic carbocycles. The van der Waals surface area contributed by atoms with Gasteiger partial charge in [-0.3, -0.25) is 14.9 Å². The van der Waals surface area contributed by atoms with Crippen LogP contribution < -0.4 is 10.9 Å². The van der Waals surface area contributed by atoms with E-state index in [9.17, 15) is 9.18 Å². The highest BCUT2D eigenvalue weighted by atomic mass is 19.1. The molecule has 4 rings (SSSR count). The number of benzene rings is 2. The lowest BCUT2D eigenvalue weighted by Gasteiger charge is -2.08. The van der Waals surface area contributed by atoms with Gasteiger partial charge in [0, 0.05) is 12.1 Å².